The van der Waals surface area contributed by atoms with Gasteiger partial charge in [0, 0.05) is 12.6 Å². The highest BCUT2D eigenvalue weighted by Gasteiger charge is 2.22. The van der Waals surface area contributed by atoms with E-state index in [0.717, 1.165) is 16.7 Å². The molecule has 2 aromatic rings. The van der Waals surface area contributed by atoms with E-state index in [1.165, 1.54) is 38.4 Å². The maximum absolute atomic E-state index is 12.4. The standard InChI is InChI=1S/C20H23NO6S/c1-13-9-15(3)18(10-14(13)2)19(22)12-27-20(23)16-7-6-8-17(11-16)28(24,25)21(4)26-5/h6-11H,12H2,1-5H3. The van der Waals surface area contributed by atoms with E-state index in [0.29, 0.717) is 10.0 Å². The second-order valence-electron chi connectivity index (χ2n) is 6.38. The van der Waals surface area contributed by atoms with Crippen LogP contribution in [0.15, 0.2) is 41.3 Å². The minimum Gasteiger partial charge on any atom is -0.454 e. The van der Waals surface area contributed by atoms with Crippen molar-refractivity contribution in [2.45, 2.75) is 25.7 Å². The monoisotopic (exact) mass is 405 g/mol. The van der Waals surface area contributed by atoms with Gasteiger partial charge in [-0.1, -0.05) is 16.6 Å². The molecule has 0 aromatic heterocycles. The number of esters is 1. The summed E-state index contributed by atoms with van der Waals surface area (Å²) in [7, 11) is -1.44. The third-order valence-corrected chi connectivity index (χ3v) is 6.11. The van der Waals surface area contributed by atoms with Gasteiger partial charge in [-0.25, -0.2) is 13.2 Å². The Balaban J connectivity index is 2.15. The van der Waals surface area contributed by atoms with Crippen molar-refractivity contribution in [1.82, 2.24) is 4.47 Å². The van der Waals surface area contributed by atoms with Crippen LogP contribution in [0.2, 0.25) is 0 Å². The highest BCUT2D eigenvalue weighted by molar-refractivity contribution is 7.89. The van der Waals surface area contributed by atoms with Crippen LogP contribution in [0.5, 0.6) is 0 Å². The van der Waals surface area contributed by atoms with E-state index in [2.05, 4.69) is 0 Å². The summed E-state index contributed by atoms with van der Waals surface area (Å²) in [4.78, 5) is 29.3. The third kappa shape index (κ3) is 4.64. The molecule has 0 N–H and O–H groups in total. The van der Waals surface area contributed by atoms with Gasteiger partial charge in [0.1, 0.15) is 0 Å². The molecular formula is C20H23NO6S. The van der Waals surface area contributed by atoms with Crippen LogP contribution in [0, 0.1) is 20.8 Å². The summed E-state index contributed by atoms with van der Waals surface area (Å²) < 4.78 is 30.3. The average molecular weight is 405 g/mol. The molecule has 0 saturated heterocycles. The second-order valence-corrected chi connectivity index (χ2v) is 8.31. The van der Waals surface area contributed by atoms with Crippen molar-refractivity contribution in [3.63, 3.8) is 0 Å². The summed E-state index contributed by atoms with van der Waals surface area (Å²) in [5.41, 5.74) is 3.37. The molecular weight excluding hydrogens is 382 g/mol. The van der Waals surface area contributed by atoms with Gasteiger partial charge < -0.3 is 4.74 Å². The maximum atomic E-state index is 12.4. The van der Waals surface area contributed by atoms with Crippen LogP contribution in [0.25, 0.3) is 0 Å². The average Bonchev–Trinajstić information content (AvgIpc) is 2.67. The van der Waals surface area contributed by atoms with Crippen molar-refractivity contribution in [1.29, 1.82) is 0 Å². The Kier molecular flexibility index (Phi) is 6.71. The fourth-order valence-corrected chi connectivity index (χ4v) is 3.60. The first-order valence-corrected chi connectivity index (χ1v) is 9.93. The van der Waals surface area contributed by atoms with E-state index in [-0.39, 0.29) is 16.2 Å². The van der Waals surface area contributed by atoms with Gasteiger partial charge in [0.25, 0.3) is 10.0 Å². The van der Waals surface area contributed by atoms with Gasteiger partial charge in [-0.2, -0.15) is 0 Å². The molecule has 0 atom stereocenters. The lowest BCUT2D eigenvalue weighted by Gasteiger charge is -2.14. The summed E-state index contributed by atoms with van der Waals surface area (Å²) in [5, 5.41) is 0. The minimum absolute atomic E-state index is 0.0233. The second kappa shape index (κ2) is 8.64. The first-order valence-electron chi connectivity index (χ1n) is 8.49. The fraction of sp³-hybridized carbons (Fsp3) is 0.300. The van der Waals surface area contributed by atoms with E-state index in [1.54, 1.807) is 6.07 Å². The highest BCUT2D eigenvalue weighted by atomic mass is 32.2. The topological polar surface area (TPSA) is 90.0 Å². The van der Waals surface area contributed by atoms with Gasteiger partial charge in [-0.3, -0.25) is 9.63 Å². The fourth-order valence-electron chi connectivity index (χ4n) is 2.58. The maximum Gasteiger partial charge on any atom is 0.338 e. The molecule has 0 bridgehead atoms. The van der Waals surface area contributed by atoms with Crippen LogP contribution < -0.4 is 0 Å². The zero-order valence-corrected chi connectivity index (χ0v) is 17.3. The van der Waals surface area contributed by atoms with E-state index in [4.69, 9.17) is 9.57 Å². The number of hydrogen-bond donors (Lipinski definition) is 0. The van der Waals surface area contributed by atoms with Crippen molar-refractivity contribution < 1.29 is 27.6 Å². The van der Waals surface area contributed by atoms with Crippen molar-refractivity contribution in [3.8, 4) is 0 Å². The molecule has 2 aromatic carbocycles. The molecule has 0 unspecified atom stereocenters. The molecule has 150 valence electrons. The normalized spacial score (nSPS) is 11.5. The number of hydroxylamine groups is 1. The first kappa shape index (κ1) is 21.7. The van der Waals surface area contributed by atoms with E-state index in [9.17, 15) is 18.0 Å². The smallest absolute Gasteiger partial charge is 0.338 e. The SMILES string of the molecule is CON(C)S(=O)(=O)c1cccc(C(=O)OCC(=O)c2cc(C)c(C)cc2C)c1. The molecule has 0 aliphatic rings. The summed E-state index contributed by atoms with van der Waals surface area (Å²) >= 11 is 0. The molecule has 0 radical (unpaired) electrons. The largest absolute Gasteiger partial charge is 0.454 e. The number of benzene rings is 2. The van der Waals surface area contributed by atoms with Gasteiger partial charge in [0.15, 0.2) is 6.61 Å². The Morgan fingerprint density at radius 1 is 1.00 bits per heavy atom. The number of hydrogen-bond acceptors (Lipinski definition) is 6. The van der Waals surface area contributed by atoms with E-state index < -0.39 is 22.6 Å². The number of carbonyl (C=O) groups excluding carboxylic acids is 2. The number of aryl methyl sites for hydroxylation is 3. The third-order valence-electron chi connectivity index (χ3n) is 4.44. The minimum atomic E-state index is -3.90. The molecule has 7 nitrogen and oxygen atoms in total. The summed E-state index contributed by atoms with van der Waals surface area (Å²) in [5.74, 6) is -1.11. The van der Waals surface area contributed by atoms with Crippen molar-refractivity contribution in [3.05, 3.63) is 64.2 Å². The Labute approximate surface area is 164 Å². The predicted molar refractivity (Wildman–Crippen MR) is 104 cm³/mol. The summed E-state index contributed by atoms with van der Waals surface area (Å²) in [6, 6.07) is 9.03. The van der Waals surface area contributed by atoms with Gasteiger partial charge in [0.05, 0.1) is 17.6 Å². The number of ketones is 1. The molecule has 2 rings (SSSR count). The lowest BCUT2D eigenvalue weighted by atomic mass is 9.98. The highest BCUT2D eigenvalue weighted by Crippen LogP contribution is 2.18. The van der Waals surface area contributed by atoms with Crippen molar-refractivity contribution in [2.24, 2.45) is 0 Å². The summed E-state index contributed by atoms with van der Waals surface area (Å²) in [6.45, 7) is 5.25. The molecule has 0 aliphatic carbocycles. The van der Waals surface area contributed by atoms with Crippen LogP contribution in [-0.2, 0) is 19.6 Å². The lowest BCUT2D eigenvalue weighted by molar-refractivity contribution is -0.0258. The molecule has 0 fully saturated rings. The number of ether oxygens (including phenoxy) is 1. The van der Waals surface area contributed by atoms with Crippen LogP contribution in [0.4, 0.5) is 0 Å². The zero-order valence-electron chi connectivity index (χ0n) is 16.5. The number of carbonyl (C=O) groups is 2. The van der Waals surface area contributed by atoms with Crippen LogP contribution in [-0.4, -0.2) is 45.4 Å². The molecule has 8 heteroatoms. The molecule has 0 amide bonds. The predicted octanol–water partition coefficient (Wildman–Crippen LogP) is 2.83. The van der Waals surface area contributed by atoms with Crippen molar-refractivity contribution >= 4 is 21.8 Å². The summed E-state index contributed by atoms with van der Waals surface area (Å²) in [6.07, 6.45) is 0. The van der Waals surface area contributed by atoms with Gasteiger partial charge in [-0.15, -0.1) is 0 Å². The molecule has 0 spiro atoms. The van der Waals surface area contributed by atoms with Gasteiger partial charge in [-0.05, 0) is 61.7 Å². The Morgan fingerprint density at radius 2 is 1.64 bits per heavy atom. The van der Waals surface area contributed by atoms with Gasteiger partial charge in [0.2, 0.25) is 5.78 Å². The van der Waals surface area contributed by atoms with Crippen molar-refractivity contribution in [2.75, 3.05) is 20.8 Å². The van der Waals surface area contributed by atoms with Crippen LogP contribution >= 0.6 is 0 Å². The molecule has 28 heavy (non-hydrogen) atoms. The van der Waals surface area contributed by atoms with Crippen LogP contribution in [0.3, 0.4) is 0 Å². The number of rotatable bonds is 7. The lowest BCUT2D eigenvalue weighted by Crippen LogP contribution is -2.26. The molecule has 0 aliphatic heterocycles. The zero-order chi connectivity index (χ0) is 21.1. The molecule has 0 heterocycles. The Morgan fingerprint density at radius 3 is 2.29 bits per heavy atom. The number of Topliss-reactive ketones (excluding diaryl/α,β-unsaturated/α-hetero) is 1. The molecule has 0 saturated carbocycles. The Bertz CT molecular complexity index is 1010. The number of nitrogens with zero attached hydrogens (tertiary/aromatic N) is 1. The quantitative estimate of drug-likeness (QED) is 0.400. The van der Waals surface area contributed by atoms with E-state index in [1.807, 2.05) is 26.8 Å². The van der Waals surface area contributed by atoms with Crippen LogP contribution in [0.1, 0.15) is 37.4 Å². The first-order chi connectivity index (χ1) is 13.1. The number of sulfonamides is 1. The van der Waals surface area contributed by atoms with E-state index >= 15 is 0 Å². The Hall–Kier alpha value is -2.55. The van der Waals surface area contributed by atoms with Gasteiger partial charge >= 0.3 is 5.97 Å².